The lowest BCUT2D eigenvalue weighted by Gasteiger charge is -2.23. The number of benzene rings is 1. The molecular formula is C15H18N2O3. The van der Waals surface area contributed by atoms with Crippen LogP contribution in [0.5, 0.6) is 5.75 Å². The first-order valence-corrected chi connectivity index (χ1v) is 6.88. The highest BCUT2D eigenvalue weighted by atomic mass is 16.5. The second-order valence-electron chi connectivity index (χ2n) is 4.97. The number of hydrogen-bond donors (Lipinski definition) is 2. The van der Waals surface area contributed by atoms with E-state index < -0.39 is 0 Å². The van der Waals surface area contributed by atoms with E-state index in [0.717, 1.165) is 37.0 Å². The van der Waals surface area contributed by atoms with Crippen molar-refractivity contribution in [2.75, 3.05) is 19.8 Å². The van der Waals surface area contributed by atoms with Gasteiger partial charge in [0.1, 0.15) is 5.75 Å². The summed E-state index contributed by atoms with van der Waals surface area (Å²) in [6.45, 7) is 1.49. The van der Waals surface area contributed by atoms with E-state index in [9.17, 15) is 4.79 Å². The van der Waals surface area contributed by atoms with E-state index in [1.165, 1.54) is 0 Å². The fourth-order valence-electron chi connectivity index (χ4n) is 2.38. The lowest BCUT2D eigenvalue weighted by Crippen LogP contribution is -2.41. The van der Waals surface area contributed by atoms with Crippen LogP contribution in [0.25, 0.3) is 10.9 Å². The summed E-state index contributed by atoms with van der Waals surface area (Å²) in [4.78, 5) is 14.9. The molecule has 106 valence electrons. The van der Waals surface area contributed by atoms with Crippen LogP contribution in [-0.2, 0) is 9.53 Å². The molecule has 1 aromatic heterocycles. The average molecular weight is 274 g/mol. The molecule has 0 aliphatic carbocycles. The smallest absolute Gasteiger partial charge is 0.258 e. The number of carbonyl (C=O) groups excluding carboxylic acids is 1. The Labute approximate surface area is 117 Å². The van der Waals surface area contributed by atoms with E-state index in [2.05, 4.69) is 10.3 Å². The summed E-state index contributed by atoms with van der Waals surface area (Å²) >= 11 is 0. The van der Waals surface area contributed by atoms with Crippen molar-refractivity contribution in [3.63, 3.8) is 0 Å². The minimum absolute atomic E-state index is 0.0489. The van der Waals surface area contributed by atoms with Crippen LogP contribution in [0.4, 0.5) is 0 Å². The second-order valence-corrected chi connectivity index (χ2v) is 4.97. The number of H-pyrrole nitrogens is 1. The molecule has 2 N–H and O–H groups in total. The van der Waals surface area contributed by atoms with Crippen LogP contribution in [0, 0.1) is 0 Å². The summed E-state index contributed by atoms with van der Waals surface area (Å²) in [5.74, 6) is 0.630. The van der Waals surface area contributed by atoms with Crippen molar-refractivity contribution >= 4 is 16.8 Å². The van der Waals surface area contributed by atoms with E-state index >= 15 is 0 Å². The molecule has 1 aromatic carbocycles. The van der Waals surface area contributed by atoms with Gasteiger partial charge in [0.15, 0.2) is 6.61 Å². The third-order valence-electron chi connectivity index (χ3n) is 3.48. The SMILES string of the molecule is O=C(COc1ccc2[nH]ccc2c1)NC1CCOCC1. The summed E-state index contributed by atoms with van der Waals surface area (Å²) in [6.07, 6.45) is 3.63. The third-order valence-corrected chi connectivity index (χ3v) is 3.48. The predicted octanol–water partition coefficient (Wildman–Crippen LogP) is 1.84. The topological polar surface area (TPSA) is 63.4 Å². The Balaban J connectivity index is 1.51. The molecule has 3 rings (SSSR count). The monoisotopic (exact) mass is 274 g/mol. The highest BCUT2D eigenvalue weighted by Crippen LogP contribution is 2.19. The van der Waals surface area contributed by atoms with Gasteiger partial charge in [-0.05, 0) is 37.1 Å². The molecule has 0 bridgehead atoms. The summed E-state index contributed by atoms with van der Waals surface area (Å²) in [5, 5.41) is 4.05. The maximum absolute atomic E-state index is 11.8. The number of fused-ring (bicyclic) bond motifs is 1. The molecule has 2 aromatic rings. The minimum Gasteiger partial charge on any atom is -0.484 e. The summed E-state index contributed by atoms with van der Waals surface area (Å²) in [7, 11) is 0. The van der Waals surface area contributed by atoms with Gasteiger partial charge in [-0.2, -0.15) is 0 Å². The first kappa shape index (κ1) is 13.0. The van der Waals surface area contributed by atoms with Crippen LogP contribution >= 0.6 is 0 Å². The number of carbonyl (C=O) groups is 1. The van der Waals surface area contributed by atoms with Crippen LogP contribution in [0.15, 0.2) is 30.5 Å². The zero-order chi connectivity index (χ0) is 13.8. The van der Waals surface area contributed by atoms with E-state index in [0.29, 0.717) is 5.75 Å². The molecule has 0 unspecified atom stereocenters. The molecule has 20 heavy (non-hydrogen) atoms. The van der Waals surface area contributed by atoms with Crippen molar-refractivity contribution in [1.82, 2.24) is 10.3 Å². The fraction of sp³-hybridized carbons (Fsp3) is 0.400. The average Bonchev–Trinajstić information content (AvgIpc) is 2.93. The Morgan fingerprint density at radius 3 is 3.05 bits per heavy atom. The molecule has 1 fully saturated rings. The van der Waals surface area contributed by atoms with Gasteiger partial charge in [-0.25, -0.2) is 0 Å². The molecule has 0 radical (unpaired) electrons. The van der Waals surface area contributed by atoms with Gasteiger partial charge in [0, 0.05) is 36.4 Å². The van der Waals surface area contributed by atoms with Crippen molar-refractivity contribution in [1.29, 1.82) is 0 Å². The number of aromatic nitrogens is 1. The summed E-state index contributed by atoms with van der Waals surface area (Å²) in [5.41, 5.74) is 1.06. The molecule has 1 amide bonds. The van der Waals surface area contributed by atoms with Crippen molar-refractivity contribution < 1.29 is 14.3 Å². The standard InChI is InChI=1S/C15H18N2O3/c18-15(17-12-4-7-19-8-5-12)10-20-13-1-2-14-11(9-13)3-6-16-14/h1-3,6,9,12,16H,4-5,7-8,10H2,(H,17,18). The Kier molecular flexibility index (Phi) is 3.87. The number of rotatable bonds is 4. The maximum atomic E-state index is 11.8. The minimum atomic E-state index is -0.0777. The van der Waals surface area contributed by atoms with E-state index in [-0.39, 0.29) is 18.6 Å². The Morgan fingerprint density at radius 2 is 2.20 bits per heavy atom. The summed E-state index contributed by atoms with van der Waals surface area (Å²) < 4.78 is 10.8. The maximum Gasteiger partial charge on any atom is 0.258 e. The first-order chi connectivity index (χ1) is 9.81. The molecule has 5 heteroatoms. The summed E-state index contributed by atoms with van der Waals surface area (Å²) in [6, 6.07) is 7.92. The number of aromatic amines is 1. The molecule has 0 saturated carbocycles. The number of ether oxygens (including phenoxy) is 2. The quantitative estimate of drug-likeness (QED) is 0.894. The van der Waals surface area contributed by atoms with Gasteiger partial charge in [-0.3, -0.25) is 4.79 Å². The van der Waals surface area contributed by atoms with Crippen LogP contribution in [-0.4, -0.2) is 36.8 Å². The molecule has 2 heterocycles. The fourth-order valence-corrected chi connectivity index (χ4v) is 2.38. The van der Waals surface area contributed by atoms with Gasteiger partial charge in [-0.15, -0.1) is 0 Å². The van der Waals surface area contributed by atoms with Gasteiger partial charge < -0.3 is 19.8 Å². The Bertz CT molecular complexity index is 588. The van der Waals surface area contributed by atoms with Crippen LogP contribution in [0.3, 0.4) is 0 Å². The highest BCUT2D eigenvalue weighted by Gasteiger charge is 2.16. The zero-order valence-electron chi connectivity index (χ0n) is 11.2. The number of hydrogen-bond acceptors (Lipinski definition) is 3. The lowest BCUT2D eigenvalue weighted by molar-refractivity contribution is -0.124. The molecule has 1 aliphatic heterocycles. The second kappa shape index (κ2) is 5.96. The predicted molar refractivity (Wildman–Crippen MR) is 75.8 cm³/mol. The zero-order valence-corrected chi connectivity index (χ0v) is 11.2. The first-order valence-electron chi connectivity index (χ1n) is 6.88. The van der Waals surface area contributed by atoms with E-state index in [1.807, 2.05) is 30.5 Å². The van der Waals surface area contributed by atoms with Gasteiger partial charge >= 0.3 is 0 Å². The van der Waals surface area contributed by atoms with Gasteiger partial charge in [0.2, 0.25) is 0 Å². The number of amides is 1. The molecular weight excluding hydrogens is 256 g/mol. The van der Waals surface area contributed by atoms with Crippen LogP contribution in [0.1, 0.15) is 12.8 Å². The van der Waals surface area contributed by atoms with Crippen molar-refractivity contribution in [2.24, 2.45) is 0 Å². The van der Waals surface area contributed by atoms with Gasteiger partial charge in [-0.1, -0.05) is 0 Å². The van der Waals surface area contributed by atoms with E-state index in [1.54, 1.807) is 0 Å². The van der Waals surface area contributed by atoms with Crippen LogP contribution in [0.2, 0.25) is 0 Å². The Morgan fingerprint density at radius 1 is 1.35 bits per heavy atom. The van der Waals surface area contributed by atoms with Crippen molar-refractivity contribution in [3.8, 4) is 5.75 Å². The number of nitrogens with one attached hydrogen (secondary N) is 2. The molecule has 0 spiro atoms. The third kappa shape index (κ3) is 3.11. The van der Waals surface area contributed by atoms with Gasteiger partial charge in [0.05, 0.1) is 0 Å². The lowest BCUT2D eigenvalue weighted by atomic mass is 10.1. The molecule has 5 nitrogen and oxygen atoms in total. The van der Waals surface area contributed by atoms with Gasteiger partial charge in [0.25, 0.3) is 5.91 Å². The molecule has 1 aliphatic rings. The van der Waals surface area contributed by atoms with Crippen molar-refractivity contribution in [3.05, 3.63) is 30.5 Å². The van der Waals surface area contributed by atoms with E-state index in [4.69, 9.17) is 9.47 Å². The molecule has 0 atom stereocenters. The van der Waals surface area contributed by atoms with Crippen LogP contribution < -0.4 is 10.1 Å². The largest absolute Gasteiger partial charge is 0.484 e. The van der Waals surface area contributed by atoms with Crippen molar-refractivity contribution in [2.45, 2.75) is 18.9 Å². The normalized spacial score (nSPS) is 16.2. The Hall–Kier alpha value is -2.01. The highest BCUT2D eigenvalue weighted by molar-refractivity contribution is 5.81. The molecule has 1 saturated heterocycles.